The normalized spacial score (nSPS) is 10.9. The van der Waals surface area contributed by atoms with Crippen LogP contribution in [0.25, 0.3) is 10.2 Å². The van der Waals surface area contributed by atoms with Crippen LogP contribution >= 0.6 is 23.1 Å². The van der Waals surface area contributed by atoms with Crippen molar-refractivity contribution in [3.05, 3.63) is 53.5 Å². The van der Waals surface area contributed by atoms with Crippen LogP contribution in [0.3, 0.4) is 0 Å². The first-order valence-electron chi connectivity index (χ1n) is 5.63. The van der Waals surface area contributed by atoms with Gasteiger partial charge in [-0.3, -0.25) is 0 Å². The molecule has 0 amide bonds. The summed E-state index contributed by atoms with van der Waals surface area (Å²) in [4.78, 5) is 5.42. The minimum Gasteiger partial charge on any atom is -0.396 e. The Morgan fingerprint density at radius 3 is 2.78 bits per heavy atom. The minimum atomic E-state index is 0.801. The van der Waals surface area contributed by atoms with E-state index in [-0.39, 0.29) is 0 Å². The van der Waals surface area contributed by atoms with Crippen LogP contribution in [0.4, 0.5) is 5.69 Å². The second-order valence-electron chi connectivity index (χ2n) is 3.95. The molecule has 1 heterocycles. The molecule has 0 unspecified atom stereocenters. The Morgan fingerprint density at radius 1 is 1.11 bits per heavy atom. The van der Waals surface area contributed by atoms with Gasteiger partial charge in [-0.15, -0.1) is 23.1 Å². The average Bonchev–Trinajstić information content (AvgIpc) is 2.88. The summed E-state index contributed by atoms with van der Waals surface area (Å²) in [6.45, 7) is 0. The smallest absolute Gasteiger partial charge is 0.105 e. The number of rotatable bonds is 3. The first-order valence-corrected chi connectivity index (χ1v) is 7.49. The number of thioether (sulfide) groups is 1. The van der Waals surface area contributed by atoms with Crippen LogP contribution in [-0.4, -0.2) is 4.98 Å². The quantitative estimate of drug-likeness (QED) is 0.574. The van der Waals surface area contributed by atoms with E-state index in [1.807, 2.05) is 11.6 Å². The van der Waals surface area contributed by atoms with Gasteiger partial charge in [-0.25, -0.2) is 4.98 Å². The molecule has 0 radical (unpaired) electrons. The van der Waals surface area contributed by atoms with E-state index in [4.69, 9.17) is 5.73 Å². The molecular weight excluding hydrogens is 260 g/mol. The molecule has 2 nitrogen and oxygen atoms in total. The predicted molar refractivity (Wildman–Crippen MR) is 80.0 cm³/mol. The number of nitrogen functional groups attached to an aromatic ring is 1. The van der Waals surface area contributed by atoms with Crippen LogP contribution in [0, 0.1) is 0 Å². The molecular formula is C14H12N2S2. The Balaban J connectivity index is 1.84. The lowest BCUT2D eigenvalue weighted by atomic mass is 10.2. The number of fused-ring (bicyclic) bond motifs is 1. The monoisotopic (exact) mass is 272 g/mol. The fourth-order valence-electron chi connectivity index (χ4n) is 1.79. The van der Waals surface area contributed by atoms with Crippen LogP contribution < -0.4 is 5.73 Å². The minimum absolute atomic E-state index is 0.801. The van der Waals surface area contributed by atoms with Crippen molar-refractivity contribution < 1.29 is 0 Å². The standard InChI is InChI=1S/C14H12N2S2/c15-13-11(6-7-12-14(13)16-9-18-12)17-8-10-4-2-1-3-5-10/h1-7,9H,8,15H2. The zero-order valence-corrected chi connectivity index (χ0v) is 11.3. The first kappa shape index (κ1) is 11.6. The topological polar surface area (TPSA) is 38.9 Å². The van der Waals surface area contributed by atoms with Crippen LogP contribution in [-0.2, 0) is 5.75 Å². The molecule has 0 aliphatic rings. The summed E-state index contributed by atoms with van der Waals surface area (Å²) in [6.07, 6.45) is 0. The van der Waals surface area contributed by atoms with Gasteiger partial charge in [0.05, 0.1) is 15.9 Å². The summed E-state index contributed by atoms with van der Waals surface area (Å²) in [5, 5.41) is 0. The maximum Gasteiger partial charge on any atom is 0.105 e. The molecule has 0 fully saturated rings. The number of benzene rings is 2. The number of aromatic nitrogens is 1. The number of hydrogen-bond donors (Lipinski definition) is 1. The van der Waals surface area contributed by atoms with Crippen molar-refractivity contribution in [2.45, 2.75) is 10.6 Å². The van der Waals surface area contributed by atoms with Crippen LogP contribution in [0.2, 0.25) is 0 Å². The SMILES string of the molecule is Nc1c(SCc2ccccc2)ccc2scnc12. The fraction of sp³-hybridized carbons (Fsp3) is 0.0714. The van der Waals surface area contributed by atoms with Gasteiger partial charge in [0.15, 0.2) is 0 Å². The Bertz CT molecular complexity index is 662. The highest BCUT2D eigenvalue weighted by Crippen LogP contribution is 2.34. The van der Waals surface area contributed by atoms with Crippen molar-refractivity contribution in [1.29, 1.82) is 0 Å². The molecule has 3 rings (SSSR count). The maximum atomic E-state index is 6.15. The van der Waals surface area contributed by atoms with Gasteiger partial charge >= 0.3 is 0 Å². The zero-order chi connectivity index (χ0) is 12.4. The van der Waals surface area contributed by atoms with E-state index in [0.29, 0.717) is 0 Å². The zero-order valence-electron chi connectivity index (χ0n) is 9.67. The third kappa shape index (κ3) is 2.21. The van der Waals surface area contributed by atoms with Gasteiger partial charge in [0.25, 0.3) is 0 Å². The van der Waals surface area contributed by atoms with Crippen molar-refractivity contribution in [1.82, 2.24) is 4.98 Å². The molecule has 2 N–H and O–H groups in total. The molecule has 0 aliphatic carbocycles. The van der Waals surface area contributed by atoms with Crippen molar-refractivity contribution in [3.63, 3.8) is 0 Å². The Hall–Kier alpha value is -1.52. The van der Waals surface area contributed by atoms with Gasteiger partial charge in [-0.1, -0.05) is 30.3 Å². The van der Waals surface area contributed by atoms with Crippen molar-refractivity contribution in [2.75, 3.05) is 5.73 Å². The molecule has 0 bridgehead atoms. The molecule has 18 heavy (non-hydrogen) atoms. The third-order valence-corrected chi connectivity index (χ3v) is 4.68. The summed E-state index contributed by atoms with van der Waals surface area (Å²) in [7, 11) is 0. The van der Waals surface area contributed by atoms with Crippen LogP contribution in [0.1, 0.15) is 5.56 Å². The van der Waals surface area contributed by atoms with E-state index in [0.717, 1.165) is 26.6 Å². The number of nitrogens with two attached hydrogens (primary N) is 1. The fourth-order valence-corrected chi connectivity index (χ4v) is 3.42. The summed E-state index contributed by atoms with van der Waals surface area (Å²) in [5.74, 6) is 0.931. The molecule has 3 aromatic rings. The van der Waals surface area contributed by atoms with Crippen LogP contribution in [0.15, 0.2) is 52.9 Å². The lowest BCUT2D eigenvalue weighted by Crippen LogP contribution is -1.90. The van der Waals surface area contributed by atoms with Crippen molar-refractivity contribution >= 4 is 39.0 Å². The Morgan fingerprint density at radius 2 is 1.94 bits per heavy atom. The lowest BCUT2D eigenvalue weighted by Gasteiger charge is -2.06. The number of nitrogens with zero attached hydrogens (tertiary/aromatic N) is 1. The summed E-state index contributed by atoms with van der Waals surface area (Å²) < 4.78 is 1.15. The highest BCUT2D eigenvalue weighted by molar-refractivity contribution is 7.98. The molecule has 0 spiro atoms. The van der Waals surface area contributed by atoms with E-state index < -0.39 is 0 Å². The molecule has 0 saturated carbocycles. The molecule has 1 aromatic heterocycles. The van der Waals surface area contributed by atoms with E-state index in [1.165, 1.54) is 5.56 Å². The summed E-state index contributed by atoms with van der Waals surface area (Å²) in [5.41, 5.74) is 11.0. The third-order valence-electron chi connectivity index (χ3n) is 2.74. The molecule has 2 aromatic carbocycles. The number of thiazole rings is 1. The van der Waals surface area contributed by atoms with Crippen molar-refractivity contribution in [2.24, 2.45) is 0 Å². The molecule has 0 aliphatic heterocycles. The van der Waals surface area contributed by atoms with Gasteiger partial charge in [0.2, 0.25) is 0 Å². The van der Waals surface area contributed by atoms with Crippen molar-refractivity contribution in [3.8, 4) is 0 Å². The van der Waals surface area contributed by atoms with Gasteiger partial charge in [-0.2, -0.15) is 0 Å². The lowest BCUT2D eigenvalue weighted by molar-refractivity contribution is 1.38. The second-order valence-corrected chi connectivity index (χ2v) is 5.85. The van der Waals surface area contributed by atoms with E-state index in [2.05, 4.69) is 41.4 Å². The predicted octanol–water partition coefficient (Wildman–Crippen LogP) is 4.17. The largest absolute Gasteiger partial charge is 0.396 e. The van der Waals surface area contributed by atoms with Crippen LogP contribution in [0.5, 0.6) is 0 Å². The molecule has 4 heteroatoms. The van der Waals surface area contributed by atoms with E-state index in [1.54, 1.807) is 23.1 Å². The Labute approximate surface area is 114 Å². The summed E-state index contributed by atoms with van der Waals surface area (Å²) >= 11 is 3.38. The second kappa shape index (κ2) is 5.00. The van der Waals surface area contributed by atoms with Gasteiger partial charge < -0.3 is 5.73 Å². The maximum absolute atomic E-state index is 6.15. The highest BCUT2D eigenvalue weighted by atomic mass is 32.2. The molecule has 0 saturated heterocycles. The Kier molecular flexibility index (Phi) is 3.21. The highest BCUT2D eigenvalue weighted by Gasteiger charge is 2.07. The van der Waals surface area contributed by atoms with Gasteiger partial charge in [0, 0.05) is 10.6 Å². The van der Waals surface area contributed by atoms with Gasteiger partial charge in [0.1, 0.15) is 5.52 Å². The number of hydrogen-bond acceptors (Lipinski definition) is 4. The van der Waals surface area contributed by atoms with Gasteiger partial charge in [-0.05, 0) is 17.7 Å². The number of anilines is 1. The molecule has 0 atom stereocenters. The summed E-state index contributed by atoms with van der Waals surface area (Å²) in [6, 6.07) is 14.6. The van der Waals surface area contributed by atoms with E-state index in [9.17, 15) is 0 Å². The molecule has 90 valence electrons. The first-order chi connectivity index (χ1) is 8.84. The van der Waals surface area contributed by atoms with E-state index >= 15 is 0 Å². The average molecular weight is 272 g/mol.